The average molecular weight is 856 g/mol. The maximum Gasteiger partial charge on any atom is 0.306 e. The Morgan fingerprint density at radius 2 is 0.984 bits per heavy atom. The zero-order valence-electron chi connectivity index (χ0n) is 39.4. The summed E-state index contributed by atoms with van der Waals surface area (Å²) in [4.78, 5) is 52.6. The van der Waals surface area contributed by atoms with Gasteiger partial charge in [0.2, 0.25) is 0 Å². The molecule has 1 aliphatic carbocycles. The number of esters is 4. The summed E-state index contributed by atoms with van der Waals surface area (Å²) in [6.07, 6.45) is 45.4. The molecule has 0 aromatic rings. The molecule has 0 N–H and O–H groups in total. The van der Waals surface area contributed by atoms with Crippen LogP contribution in [0.15, 0.2) is 48.6 Å². The summed E-state index contributed by atoms with van der Waals surface area (Å²) in [5.74, 6) is -1.23. The first-order chi connectivity index (χ1) is 29.7. The highest BCUT2D eigenvalue weighted by Crippen LogP contribution is 2.31. The molecule has 0 aliphatic heterocycles. The summed E-state index contributed by atoms with van der Waals surface area (Å²) in [6.45, 7) is 4.98. The summed E-state index contributed by atoms with van der Waals surface area (Å²) < 4.78 is 22.5. The minimum atomic E-state index is -0.859. The van der Waals surface area contributed by atoms with Crippen molar-refractivity contribution in [1.29, 1.82) is 0 Å². The molecule has 1 rings (SSSR count). The third-order valence-electron chi connectivity index (χ3n) is 11.1. The van der Waals surface area contributed by atoms with Crippen LogP contribution in [0.25, 0.3) is 0 Å². The second-order valence-electron chi connectivity index (χ2n) is 17.3. The first-order valence-electron chi connectivity index (χ1n) is 24.7. The van der Waals surface area contributed by atoms with Crippen molar-refractivity contribution in [3.05, 3.63) is 48.6 Å². The number of ether oxygens (including phenoxy) is 4. The smallest absolute Gasteiger partial charge is 0.306 e. The van der Waals surface area contributed by atoms with Gasteiger partial charge in [-0.1, -0.05) is 127 Å². The highest BCUT2D eigenvalue weighted by molar-refractivity contribution is 5.71. The summed E-state index contributed by atoms with van der Waals surface area (Å²) in [5, 5.41) is 0. The molecule has 1 fully saturated rings. The van der Waals surface area contributed by atoms with Gasteiger partial charge in [-0.2, -0.15) is 0 Å². The second kappa shape index (κ2) is 40.8. The van der Waals surface area contributed by atoms with E-state index in [9.17, 15) is 19.2 Å². The van der Waals surface area contributed by atoms with Gasteiger partial charge in [-0.05, 0) is 129 Å². The molecule has 350 valence electrons. The molecule has 9 nitrogen and oxygen atoms in total. The van der Waals surface area contributed by atoms with Crippen molar-refractivity contribution in [1.82, 2.24) is 4.90 Å². The van der Waals surface area contributed by atoms with Crippen molar-refractivity contribution in [3.63, 3.8) is 0 Å². The normalized spacial score (nSPS) is 16.1. The van der Waals surface area contributed by atoms with Gasteiger partial charge in [0.15, 0.2) is 6.10 Å². The van der Waals surface area contributed by atoms with Gasteiger partial charge < -0.3 is 23.8 Å². The Balaban J connectivity index is 2.41. The van der Waals surface area contributed by atoms with Gasteiger partial charge >= 0.3 is 23.9 Å². The minimum absolute atomic E-state index is 0.0629. The zero-order chi connectivity index (χ0) is 44.4. The average Bonchev–Trinajstić information content (AvgIpc) is 3.67. The standard InChI is InChI=1S/C52H89NO8/c1-5-7-9-11-13-15-17-19-21-23-25-27-29-31-33-36-49(54)58-44-48(45-59-52(57)43-46-39-40-47(42-46)60-51(56)38-35-41-53(3)4)61-50(55)37-34-32-30-28-26-24-22-20-18-16-14-12-10-8-6-2/h13-16,19-22,46-48H,5-12,17-18,23-45H2,1-4H3/b15-13-,16-14-,21-19-,22-20-. The van der Waals surface area contributed by atoms with E-state index in [1.807, 2.05) is 19.0 Å². The summed E-state index contributed by atoms with van der Waals surface area (Å²) in [7, 11) is 3.95. The van der Waals surface area contributed by atoms with E-state index in [0.29, 0.717) is 19.3 Å². The maximum atomic E-state index is 12.9. The monoisotopic (exact) mass is 856 g/mol. The first-order valence-corrected chi connectivity index (χ1v) is 24.7. The lowest BCUT2D eigenvalue weighted by atomic mass is 10.0. The molecular weight excluding hydrogens is 767 g/mol. The number of carbonyl (C=O) groups excluding carboxylic acids is 4. The summed E-state index contributed by atoms with van der Waals surface area (Å²) in [6, 6.07) is 0. The SMILES string of the molecule is CCCCC/C=C\C/C=C\CCCCCCCC(=O)OCC(COC(=O)CC1CCC(OC(=O)CCCN(C)C)C1)OC(=O)CCCCCCC/C=C\C/C=C\CCCCC. The van der Waals surface area contributed by atoms with E-state index < -0.39 is 12.1 Å². The van der Waals surface area contributed by atoms with Crippen LogP contribution in [-0.2, 0) is 38.1 Å². The maximum absolute atomic E-state index is 12.9. The number of unbranched alkanes of at least 4 members (excludes halogenated alkanes) is 16. The first kappa shape index (κ1) is 55.8. The van der Waals surface area contributed by atoms with Crippen LogP contribution in [0.1, 0.15) is 206 Å². The lowest BCUT2D eigenvalue weighted by Gasteiger charge is -2.19. The van der Waals surface area contributed by atoms with Crippen LogP contribution in [0.2, 0.25) is 0 Å². The quantitative estimate of drug-likeness (QED) is 0.0257. The molecule has 3 atom stereocenters. The zero-order valence-corrected chi connectivity index (χ0v) is 39.4. The van der Waals surface area contributed by atoms with E-state index in [4.69, 9.17) is 18.9 Å². The van der Waals surface area contributed by atoms with Gasteiger partial charge in [0, 0.05) is 25.7 Å². The number of hydrogen-bond donors (Lipinski definition) is 0. The van der Waals surface area contributed by atoms with E-state index in [-0.39, 0.29) is 56.0 Å². The van der Waals surface area contributed by atoms with Gasteiger partial charge in [-0.15, -0.1) is 0 Å². The highest BCUT2D eigenvalue weighted by atomic mass is 16.6. The van der Waals surface area contributed by atoms with Gasteiger partial charge in [-0.3, -0.25) is 19.2 Å². The van der Waals surface area contributed by atoms with Crippen molar-refractivity contribution in [2.24, 2.45) is 5.92 Å². The molecule has 0 heterocycles. The van der Waals surface area contributed by atoms with Crippen LogP contribution in [0.4, 0.5) is 0 Å². The Morgan fingerprint density at radius 3 is 1.51 bits per heavy atom. The van der Waals surface area contributed by atoms with Crippen LogP contribution >= 0.6 is 0 Å². The Hall–Kier alpha value is -3.20. The topological polar surface area (TPSA) is 108 Å². The van der Waals surface area contributed by atoms with E-state index in [2.05, 4.69) is 62.5 Å². The number of hydrogen-bond acceptors (Lipinski definition) is 9. The van der Waals surface area contributed by atoms with Crippen LogP contribution < -0.4 is 0 Å². The largest absolute Gasteiger partial charge is 0.462 e. The van der Waals surface area contributed by atoms with Crippen molar-refractivity contribution in [3.8, 4) is 0 Å². The third-order valence-corrected chi connectivity index (χ3v) is 11.1. The minimum Gasteiger partial charge on any atom is -0.462 e. The van der Waals surface area contributed by atoms with Gasteiger partial charge in [0.05, 0.1) is 0 Å². The molecule has 0 radical (unpaired) electrons. The van der Waals surface area contributed by atoms with Crippen molar-refractivity contribution >= 4 is 23.9 Å². The Labute approximate surface area is 372 Å². The van der Waals surface area contributed by atoms with E-state index in [0.717, 1.165) is 116 Å². The van der Waals surface area contributed by atoms with Crippen LogP contribution in [-0.4, -0.2) is 74.8 Å². The summed E-state index contributed by atoms with van der Waals surface area (Å²) in [5.41, 5.74) is 0. The molecule has 9 heteroatoms. The van der Waals surface area contributed by atoms with E-state index in [1.165, 1.54) is 51.4 Å². The molecule has 0 aromatic heterocycles. The Bertz CT molecular complexity index is 1220. The fourth-order valence-corrected chi connectivity index (χ4v) is 7.37. The van der Waals surface area contributed by atoms with Crippen molar-refractivity contribution < 1.29 is 38.1 Å². The molecule has 1 aliphatic rings. The van der Waals surface area contributed by atoms with Crippen LogP contribution in [0, 0.1) is 5.92 Å². The fourth-order valence-electron chi connectivity index (χ4n) is 7.37. The highest BCUT2D eigenvalue weighted by Gasteiger charge is 2.30. The number of nitrogens with zero attached hydrogens (tertiary/aromatic N) is 1. The van der Waals surface area contributed by atoms with Gasteiger partial charge in [0.1, 0.15) is 19.3 Å². The molecule has 61 heavy (non-hydrogen) atoms. The Morgan fingerprint density at radius 1 is 0.525 bits per heavy atom. The number of carbonyl (C=O) groups is 4. The molecule has 0 saturated heterocycles. The molecule has 3 unspecified atom stereocenters. The van der Waals surface area contributed by atoms with Crippen molar-refractivity contribution in [2.45, 2.75) is 219 Å². The van der Waals surface area contributed by atoms with Crippen LogP contribution in [0.3, 0.4) is 0 Å². The molecule has 0 spiro atoms. The number of rotatable bonds is 40. The molecule has 0 bridgehead atoms. The molecular formula is C52H89NO8. The third kappa shape index (κ3) is 37.1. The van der Waals surface area contributed by atoms with Crippen LogP contribution in [0.5, 0.6) is 0 Å². The lowest BCUT2D eigenvalue weighted by Crippen LogP contribution is -2.31. The molecule has 0 amide bonds. The van der Waals surface area contributed by atoms with Gasteiger partial charge in [0.25, 0.3) is 0 Å². The predicted molar refractivity (Wildman–Crippen MR) is 250 cm³/mol. The predicted octanol–water partition coefficient (Wildman–Crippen LogP) is 13.1. The molecule has 1 saturated carbocycles. The fraction of sp³-hybridized carbons (Fsp3) is 0.769. The van der Waals surface area contributed by atoms with Gasteiger partial charge in [-0.25, -0.2) is 0 Å². The summed E-state index contributed by atoms with van der Waals surface area (Å²) >= 11 is 0. The van der Waals surface area contributed by atoms with E-state index >= 15 is 0 Å². The lowest BCUT2D eigenvalue weighted by molar-refractivity contribution is -0.167. The van der Waals surface area contributed by atoms with Crippen molar-refractivity contribution in [2.75, 3.05) is 33.9 Å². The number of allylic oxidation sites excluding steroid dienone is 8. The van der Waals surface area contributed by atoms with E-state index in [1.54, 1.807) is 0 Å². The molecule has 0 aromatic carbocycles. The Kier molecular flexibility index (Phi) is 37.4. The second-order valence-corrected chi connectivity index (χ2v) is 17.3.